The first kappa shape index (κ1) is 13.1. The number of nitrogens with one attached hydrogen (secondary N) is 1. The maximum atomic E-state index is 13.3. The maximum absolute atomic E-state index is 13.3. The standard InChI is InChI=1S/C11H16ClFN2O/c1-11(2,6-16-3)15-10-5-8(13)7(12)4-9(10)14/h4-5,15H,6,14H2,1-3H3. The summed E-state index contributed by atoms with van der Waals surface area (Å²) in [7, 11) is 1.61. The summed E-state index contributed by atoms with van der Waals surface area (Å²) in [6.45, 7) is 4.35. The number of nitrogens with two attached hydrogens (primary N) is 1. The topological polar surface area (TPSA) is 47.3 Å². The number of rotatable bonds is 4. The van der Waals surface area contributed by atoms with Crippen LogP contribution in [0.2, 0.25) is 5.02 Å². The third-order valence-electron chi connectivity index (χ3n) is 2.07. The monoisotopic (exact) mass is 246 g/mol. The molecular weight excluding hydrogens is 231 g/mol. The molecule has 0 spiro atoms. The van der Waals surface area contributed by atoms with E-state index in [1.54, 1.807) is 7.11 Å². The fraction of sp³-hybridized carbons (Fsp3) is 0.455. The Morgan fingerprint density at radius 3 is 2.69 bits per heavy atom. The average molecular weight is 247 g/mol. The van der Waals surface area contributed by atoms with E-state index in [0.717, 1.165) is 0 Å². The quantitative estimate of drug-likeness (QED) is 0.803. The number of benzene rings is 1. The fourth-order valence-corrected chi connectivity index (χ4v) is 1.60. The Morgan fingerprint density at radius 2 is 2.12 bits per heavy atom. The first-order valence-electron chi connectivity index (χ1n) is 4.87. The molecule has 0 saturated carbocycles. The molecule has 90 valence electrons. The zero-order valence-electron chi connectivity index (χ0n) is 9.60. The molecule has 0 saturated heterocycles. The van der Waals surface area contributed by atoms with E-state index < -0.39 is 5.82 Å². The molecule has 3 nitrogen and oxygen atoms in total. The molecular formula is C11H16ClFN2O. The smallest absolute Gasteiger partial charge is 0.143 e. The lowest BCUT2D eigenvalue weighted by Crippen LogP contribution is -2.36. The minimum Gasteiger partial charge on any atom is -0.397 e. The zero-order chi connectivity index (χ0) is 12.3. The highest BCUT2D eigenvalue weighted by Gasteiger charge is 2.19. The molecule has 1 aromatic rings. The lowest BCUT2D eigenvalue weighted by molar-refractivity contribution is 0.158. The van der Waals surface area contributed by atoms with Crippen LogP contribution in [-0.2, 0) is 4.74 Å². The fourth-order valence-electron chi connectivity index (χ4n) is 1.43. The highest BCUT2D eigenvalue weighted by Crippen LogP contribution is 2.28. The van der Waals surface area contributed by atoms with Crippen LogP contribution in [0.15, 0.2) is 12.1 Å². The molecule has 0 fully saturated rings. The number of methoxy groups -OCH3 is 1. The van der Waals surface area contributed by atoms with Gasteiger partial charge in [-0.05, 0) is 19.9 Å². The van der Waals surface area contributed by atoms with Crippen molar-refractivity contribution < 1.29 is 9.13 Å². The molecule has 0 radical (unpaired) electrons. The minimum atomic E-state index is -0.494. The Kier molecular flexibility index (Phi) is 3.99. The number of anilines is 2. The molecule has 3 N–H and O–H groups in total. The van der Waals surface area contributed by atoms with Crippen molar-refractivity contribution in [2.24, 2.45) is 0 Å². The van der Waals surface area contributed by atoms with Gasteiger partial charge in [-0.15, -0.1) is 0 Å². The molecule has 0 heterocycles. The van der Waals surface area contributed by atoms with Gasteiger partial charge in [0, 0.05) is 13.2 Å². The summed E-state index contributed by atoms with van der Waals surface area (Å²) < 4.78 is 18.3. The van der Waals surface area contributed by atoms with Gasteiger partial charge in [-0.25, -0.2) is 4.39 Å². The van der Waals surface area contributed by atoms with E-state index in [1.807, 2.05) is 13.8 Å². The van der Waals surface area contributed by atoms with Gasteiger partial charge in [0.1, 0.15) is 5.82 Å². The molecule has 5 heteroatoms. The number of hydrogen-bond donors (Lipinski definition) is 2. The van der Waals surface area contributed by atoms with Gasteiger partial charge >= 0.3 is 0 Å². The van der Waals surface area contributed by atoms with E-state index in [0.29, 0.717) is 18.0 Å². The molecule has 16 heavy (non-hydrogen) atoms. The number of ether oxygens (including phenoxy) is 1. The third kappa shape index (κ3) is 3.25. The van der Waals surface area contributed by atoms with E-state index in [9.17, 15) is 4.39 Å². The second kappa shape index (κ2) is 4.89. The van der Waals surface area contributed by atoms with Crippen molar-refractivity contribution in [2.45, 2.75) is 19.4 Å². The number of halogens is 2. The van der Waals surface area contributed by atoms with Gasteiger partial charge in [0.15, 0.2) is 0 Å². The van der Waals surface area contributed by atoms with Crippen LogP contribution in [0.4, 0.5) is 15.8 Å². The number of hydrogen-bond acceptors (Lipinski definition) is 3. The van der Waals surface area contributed by atoms with Gasteiger partial charge in [-0.1, -0.05) is 11.6 Å². The SMILES string of the molecule is COCC(C)(C)Nc1cc(F)c(Cl)cc1N. The summed E-state index contributed by atoms with van der Waals surface area (Å²) in [6.07, 6.45) is 0. The van der Waals surface area contributed by atoms with Crippen molar-refractivity contribution in [3.63, 3.8) is 0 Å². The highest BCUT2D eigenvalue weighted by molar-refractivity contribution is 6.31. The van der Waals surface area contributed by atoms with Gasteiger partial charge < -0.3 is 15.8 Å². The Hall–Kier alpha value is -1.00. The van der Waals surface area contributed by atoms with Gasteiger partial charge in [-0.2, -0.15) is 0 Å². The van der Waals surface area contributed by atoms with Crippen LogP contribution in [0, 0.1) is 5.82 Å². The van der Waals surface area contributed by atoms with Crippen LogP contribution < -0.4 is 11.1 Å². The molecule has 0 bridgehead atoms. The molecule has 0 aliphatic rings. The van der Waals surface area contributed by atoms with E-state index in [4.69, 9.17) is 22.1 Å². The molecule has 0 amide bonds. The van der Waals surface area contributed by atoms with E-state index in [-0.39, 0.29) is 10.6 Å². The van der Waals surface area contributed by atoms with Crippen LogP contribution in [-0.4, -0.2) is 19.3 Å². The molecule has 0 aliphatic carbocycles. The second-order valence-electron chi connectivity index (χ2n) is 4.30. The number of nitrogen functional groups attached to an aromatic ring is 1. The van der Waals surface area contributed by atoms with Crippen molar-refractivity contribution in [3.8, 4) is 0 Å². The van der Waals surface area contributed by atoms with E-state index in [2.05, 4.69) is 5.32 Å². The van der Waals surface area contributed by atoms with Crippen molar-refractivity contribution in [3.05, 3.63) is 23.0 Å². The predicted molar refractivity (Wildman–Crippen MR) is 65.4 cm³/mol. The summed E-state index contributed by atoms with van der Waals surface area (Å²) >= 11 is 5.61. The lowest BCUT2D eigenvalue weighted by Gasteiger charge is -2.27. The summed E-state index contributed by atoms with van der Waals surface area (Å²) in [5.74, 6) is -0.494. The first-order valence-corrected chi connectivity index (χ1v) is 5.25. The van der Waals surface area contributed by atoms with Crippen molar-refractivity contribution in [1.82, 2.24) is 0 Å². The summed E-state index contributed by atoms with van der Waals surface area (Å²) in [5, 5.41) is 3.13. The van der Waals surface area contributed by atoms with Gasteiger partial charge in [-0.3, -0.25) is 0 Å². The van der Waals surface area contributed by atoms with E-state index in [1.165, 1.54) is 12.1 Å². The summed E-state index contributed by atoms with van der Waals surface area (Å²) in [5.41, 5.74) is 6.34. The predicted octanol–water partition coefficient (Wildman–Crippen LogP) is 2.90. The Morgan fingerprint density at radius 1 is 1.50 bits per heavy atom. The molecule has 0 aliphatic heterocycles. The Labute approximate surface area is 99.7 Å². The summed E-state index contributed by atoms with van der Waals surface area (Å²) in [6, 6.07) is 2.68. The highest BCUT2D eigenvalue weighted by atomic mass is 35.5. The van der Waals surface area contributed by atoms with Crippen LogP contribution in [0.25, 0.3) is 0 Å². The Bertz CT molecular complexity index is 382. The third-order valence-corrected chi connectivity index (χ3v) is 2.36. The molecule has 0 aromatic heterocycles. The van der Waals surface area contributed by atoms with Crippen molar-refractivity contribution in [1.29, 1.82) is 0 Å². The van der Waals surface area contributed by atoms with Gasteiger partial charge in [0.2, 0.25) is 0 Å². The van der Waals surface area contributed by atoms with E-state index >= 15 is 0 Å². The average Bonchev–Trinajstić information content (AvgIpc) is 2.13. The largest absolute Gasteiger partial charge is 0.397 e. The van der Waals surface area contributed by atoms with Crippen molar-refractivity contribution >= 4 is 23.0 Å². The second-order valence-corrected chi connectivity index (χ2v) is 4.70. The zero-order valence-corrected chi connectivity index (χ0v) is 10.4. The minimum absolute atomic E-state index is 0.0209. The Balaban J connectivity index is 2.93. The van der Waals surface area contributed by atoms with Crippen LogP contribution in [0.3, 0.4) is 0 Å². The van der Waals surface area contributed by atoms with Gasteiger partial charge in [0.25, 0.3) is 0 Å². The molecule has 0 unspecified atom stereocenters. The normalized spacial score (nSPS) is 11.6. The summed E-state index contributed by atoms with van der Waals surface area (Å²) in [4.78, 5) is 0. The van der Waals surface area contributed by atoms with Crippen LogP contribution in [0.1, 0.15) is 13.8 Å². The lowest BCUT2D eigenvalue weighted by atomic mass is 10.1. The molecule has 1 aromatic carbocycles. The molecule has 1 rings (SSSR count). The van der Waals surface area contributed by atoms with Crippen molar-refractivity contribution in [2.75, 3.05) is 24.8 Å². The van der Waals surface area contributed by atoms with Gasteiger partial charge in [0.05, 0.1) is 28.5 Å². The molecule has 0 atom stereocenters. The van der Waals surface area contributed by atoms with Crippen LogP contribution in [0.5, 0.6) is 0 Å². The van der Waals surface area contributed by atoms with Crippen LogP contribution >= 0.6 is 11.6 Å². The first-order chi connectivity index (χ1) is 7.35. The maximum Gasteiger partial charge on any atom is 0.143 e.